The molecule has 18 amide bonds. The van der Waals surface area contributed by atoms with Gasteiger partial charge in [0.25, 0.3) is 0 Å². The Bertz CT molecular complexity index is 3870. The van der Waals surface area contributed by atoms with Crippen molar-refractivity contribution in [2.75, 3.05) is 46.0 Å². The number of aliphatic hydroxyl groups is 3. The monoisotopic (exact) mass is 1740 g/mol. The van der Waals surface area contributed by atoms with Crippen molar-refractivity contribution in [1.82, 2.24) is 79.3 Å². The van der Waals surface area contributed by atoms with Crippen LogP contribution in [0.3, 0.4) is 0 Å². The van der Waals surface area contributed by atoms with Gasteiger partial charge in [0, 0.05) is 38.8 Å². The number of carbonyl (C=O) groups is 21. The maximum Gasteiger partial charge on any atom is 0.326 e. The summed E-state index contributed by atoms with van der Waals surface area (Å²) in [7, 11) is 0. The molecule has 0 radical (unpaired) electrons. The first kappa shape index (κ1) is 105. The van der Waals surface area contributed by atoms with Crippen molar-refractivity contribution in [3.8, 4) is 5.75 Å². The van der Waals surface area contributed by atoms with Crippen molar-refractivity contribution in [1.29, 1.82) is 5.41 Å². The number of phenolic OH excluding ortho intramolecular Hbond substituents is 1. The Morgan fingerprint density at radius 1 is 0.443 bits per heavy atom. The SMILES string of the molecule is CC(C)C[C@H](NC(=O)[C@@H](CO)NC(=O)CNC(=O)[C@H](N)Cc1ccc(O)cc1)C(=O)N1CCC[C@@H]1C(=O)N[C@@H](CCC(N)=O)C(=O)N[C@@H](CCCCN)C(=O)N[C@@H](CO)C(=O)N[C@@H](CCC(N)=O)C(=O)N[C@@H](CCCNC(=N)N)C(=O)N[C@@H](CO)C(=O)N[C@@H](CCC(N)=O)C(=O)N[C@@H](CC(=O)O)C(=O)N[C@@H](CCC(=O)O)C(=O)N[C@@H](CC(N)=O)C(=O)O. The number of phenols is 1. The molecule has 0 saturated carbocycles. The minimum absolute atomic E-state index is 0.0134. The molecular formula is C71H113N23O28. The van der Waals surface area contributed by atoms with Crippen LogP contribution in [0.15, 0.2) is 24.3 Å². The number of benzene rings is 1. The zero-order chi connectivity index (χ0) is 92.2. The van der Waals surface area contributed by atoms with Crippen LogP contribution in [-0.4, -0.2) is 301 Å². The van der Waals surface area contributed by atoms with Gasteiger partial charge in [0.2, 0.25) is 106 Å². The Hall–Kier alpha value is -13.0. The number of nitrogens with two attached hydrogens (primary N) is 7. The normalized spacial score (nSPS) is 15.4. The lowest BCUT2D eigenvalue weighted by atomic mass is 10.0. The third-order valence-corrected chi connectivity index (χ3v) is 18.2. The summed E-state index contributed by atoms with van der Waals surface area (Å²) >= 11 is 0. The number of carboxylic acids is 3. The standard InChI is InChI=1S/C71H113N23O28/c1-33(2)25-44(90-65(116)46(30-95)82-54(103)29-81-57(108)36(73)26-34-10-12-35(98)13-11-34)69(120)94-24-6-9-49(94)68(119)88-41(16-20-52(76)101)61(112)83-37(7-3-4-22-72)58(109)92-47(31-96)66(117)86-39(14-18-50(74)99)60(111)84-38(8-5-23-80-71(78)79)59(110)93-48(32-97)67(118)87-40(15-19-51(75)100)62(113)89-43(28-56(106)107)64(115)85-42(17-21-55(104)105)63(114)91-45(70(121)122)27-53(77)102/h10-13,33,36-49,95-98H,3-9,14-32,72-73H2,1-2H3,(H2,74,99)(H2,75,100)(H2,76,101)(H2,77,102)(H,81,108)(H,82,103)(H,83,112)(H,84,111)(H,85,115)(H,86,117)(H,87,118)(H,88,119)(H,89,113)(H,90,116)(H,91,114)(H,92,109)(H,93,110)(H,104,105)(H,106,107)(H,121,122)(H4,78,79,80)/t36-,37+,38+,39+,40+,41+,42+,43+,44+,45+,46-,47+,48+,49-/m1/s1. The van der Waals surface area contributed by atoms with Gasteiger partial charge >= 0.3 is 17.9 Å². The lowest BCUT2D eigenvalue weighted by Crippen LogP contribution is -2.61. The molecule has 14 atom stereocenters. The van der Waals surface area contributed by atoms with Crippen molar-refractivity contribution in [3.05, 3.63) is 29.8 Å². The molecule has 1 aliphatic heterocycles. The lowest BCUT2D eigenvalue weighted by Gasteiger charge is -2.31. The molecule has 1 saturated heterocycles. The maximum atomic E-state index is 14.5. The molecule has 0 aromatic heterocycles. The number of amides is 18. The highest BCUT2D eigenvalue weighted by molar-refractivity contribution is 6.01. The van der Waals surface area contributed by atoms with Crippen LogP contribution in [0.4, 0.5) is 0 Å². The second-order valence-corrected chi connectivity index (χ2v) is 28.7. The predicted molar refractivity (Wildman–Crippen MR) is 419 cm³/mol. The molecule has 680 valence electrons. The van der Waals surface area contributed by atoms with Crippen LogP contribution < -0.4 is 115 Å². The van der Waals surface area contributed by atoms with E-state index in [9.17, 15) is 136 Å². The van der Waals surface area contributed by atoms with Crippen molar-refractivity contribution < 1.29 is 136 Å². The molecule has 2 rings (SSSR count). The summed E-state index contributed by atoms with van der Waals surface area (Å²) in [6, 6.07) is -19.4. The Morgan fingerprint density at radius 3 is 1.23 bits per heavy atom. The Kier molecular flexibility index (Phi) is 46.7. The number of aliphatic hydroxyl groups excluding tert-OH is 3. The van der Waals surface area contributed by atoms with Gasteiger partial charge in [-0.3, -0.25) is 101 Å². The molecular weight excluding hydrogens is 1620 g/mol. The van der Waals surface area contributed by atoms with E-state index in [0.29, 0.717) is 5.56 Å². The Labute approximate surface area is 697 Å². The highest BCUT2D eigenvalue weighted by atomic mass is 16.4. The van der Waals surface area contributed by atoms with E-state index in [-0.39, 0.29) is 82.7 Å². The number of nitrogens with zero attached hydrogens (tertiary/aromatic N) is 1. The zero-order valence-corrected chi connectivity index (χ0v) is 67.0. The van der Waals surface area contributed by atoms with Crippen LogP contribution in [0.2, 0.25) is 0 Å². The van der Waals surface area contributed by atoms with Gasteiger partial charge in [-0.05, 0) is 114 Å². The van der Waals surface area contributed by atoms with E-state index in [1.807, 2.05) is 16.0 Å². The van der Waals surface area contributed by atoms with Gasteiger partial charge in [-0.15, -0.1) is 0 Å². The maximum absolute atomic E-state index is 14.5. The van der Waals surface area contributed by atoms with Crippen LogP contribution in [-0.2, 0) is 107 Å². The lowest BCUT2D eigenvalue weighted by molar-refractivity contribution is -0.144. The number of hydrogen-bond donors (Lipinski definition) is 29. The van der Waals surface area contributed by atoms with E-state index in [1.165, 1.54) is 24.3 Å². The summed E-state index contributed by atoms with van der Waals surface area (Å²) in [4.78, 5) is 279. The summed E-state index contributed by atoms with van der Waals surface area (Å²) in [5.74, 6) is -27.1. The topological polar surface area (TPSA) is 878 Å². The number of carboxylic acid groups (broad SMARTS) is 3. The molecule has 122 heavy (non-hydrogen) atoms. The predicted octanol–water partition coefficient (Wildman–Crippen LogP) is -13.3. The number of guanidine groups is 1. The second-order valence-electron chi connectivity index (χ2n) is 28.7. The van der Waals surface area contributed by atoms with Crippen LogP contribution in [0, 0.1) is 11.3 Å². The van der Waals surface area contributed by atoms with Gasteiger partial charge in [-0.1, -0.05) is 26.0 Å². The van der Waals surface area contributed by atoms with E-state index in [0.717, 1.165) is 4.90 Å². The van der Waals surface area contributed by atoms with Crippen molar-refractivity contribution >= 4 is 130 Å². The second kappa shape index (κ2) is 54.2. The summed E-state index contributed by atoms with van der Waals surface area (Å²) in [5, 5.41) is 108. The number of likely N-dealkylation sites (tertiary alicyclic amines) is 1. The first-order valence-corrected chi connectivity index (χ1v) is 38.5. The summed E-state index contributed by atoms with van der Waals surface area (Å²) < 4.78 is 0. The van der Waals surface area contributed by atoms with Crippen molar-refractivity contribution in [2.24, 2.45) is 46.1 Å². The first-order valence-electron chi connectivity index (χ1n) is 38.5. The molecule has 1 fully saturated rings. The van der Waals surface area contributed by atoms with Crippen LogP contribution in [0.25, 0.3) is 0 Å². The van der Waals surface area contributed by atoms with Crippen molar-refractivity contribution in [2.45, 2.75) is 220 Å². The number of nitrogens with one attached hydrogen (secondary N) is 15. The van der Waals surface area contributed by atoms with E-state index in [4.69, 9.17) is 45.5 Å². The summed E-state index contributed by atoms with van der Waals surface area (Å²) in [6.45, 7) is -1.07. The molecule has 0 aliphatic carbocycles. The highest BCUT2D eigenvalue weighted by Crippen LogP contribution is 2.22. The number of carbonyl (C=O) groups excluding carboxylic acids is 18. The van der Waals surface area contributed by atoms with E-state index in [2.05, 4.69) is 58.5 Å². The fourth-order valence-electron chi connectivity index (χ4n) is 11.8. The molecule has 36 N–H and O–H groups in total. The van der Waals surface area contributed by atoms with E-state index in [1.54, 1.807) is 13.8 Å². The van der Waals surface area contributed by atoms with Crippen LogP contribution in [0.1, 0.15) is 135 Å². The summed E-state index contributed by atoms with van der Waals surface area (Å²) in [6.07, 6.45) is -8.39. The smallest absolute Gasteiger partial charge is 0.326 e. The van der Waals surface area contributed by atoms with Gasteiger partial charge in [0.1, 0.15) is 84.3 Å². The third-order valence-electron chi connectivity index (χ3n) is 18.2. The fraction of sp³-hybridized carbons (Fsp3) is 0.606. The largest absolute Gasteiger partial charge is 0.508 e. The Morgan fingerprint density at radius 2 is 0.828 bits per heavy atom. The fourth-order valence-corrected chi connectivity index (χ4v) is 11.8. The highest BCUT2D eigenvalue weighted by Gasteiger charge is 2.42. The molecule has 1 aromatic rings. The van der Waals surface area contributed by atoms with Gasteiger partial charge in [-0.25, -0.2) is 4.79 Å². The molecule has 1 aliphatic rings. The number of aromatic hydroxyl groups is 1. The van der Waals surface area contributed by atoms with Crippen LogP contribution in [0.5, 0.6) is 5.75 Å². The molecule has 0 spiro atoms. The van der Waals surface area contributed by atoms with Gasteiger partial charge in [-0.2, -0.15) is 0 Å². The Balaban J connectivity index is 2.46. The van der Waals surface area contributed by atoms with E-state index >= 15 is 0 Å². The van der Waals surface area contributed by atoms with E-state index < -0.39 is 312 Å². The van der Waals surface area contributed by atoms with Gasteiger partial charge < -0.3 is 155 Å². The number of primary amides is 4. The van der Waals surface area contributed by atoms with Gasteiger partial charge in [0.05, 0.1) is 45.2 Å². The van der Waals surface area contributed by atoms with Crippen molar-refractivity contribution in [3.63, 3.8) is 0 Å². The number of hydrogen-bond acceptors (Lipinski definition) is 28. The first-order chi connectivity index (χ1) is 57.3. The molecule has 51 nitrogen and oxygen atoms in total. The third kappa shape index (κ3) is 39.7. The summed E-state index contributed by atoms with van der Waals surface area (Å²) in [5.41, 5.74) is 39.0. The zero-order valence-electron chi connectivity index (χ0n) is 67.0. The quantitative estimate of drug-likeness (QED) is 0.0164. The molecule has 51 heteroatoms. The minimum Gasteiger partial charge on any atom is -0.508 e. The molecule has 1 heterocycles. The number of rotatable bonds is 59. The van der Waals surface area contributed by atoms with Gasteiger partial charge in [0.15, 0.2) is 5.96 Å². The number of aliphatic carboxylic acids is 3. The average Bonchev–Trinajstić information content (AvgIpc) is 1.68. The minimum atomic E-state index is -2.25. The molecule has 1 aromatic carbocycles. The molecule has 0 unspecified atom stereocenters. The number of unbranched alkanes of at least 4 members (excludes halogenated alkanes) is 1. The average molecular weight is 1740 g/mol. The molecule has 0 bridgehead atoms. The van der Waals surface area contributed by atoms with Crippen LogP contribution >= 0.6 is 0 Å².